The minimum Gasteiger partial charge on any atom is -0.399 e. The van der Waals surface area contributed by atoms with E-state index in [1.807, 2.05) is 0 Å². The van der Waals surface area contributed by atoms with Crippen molar-refractivity contribution < 1.29 is 4.79 Å². The molecule has 1 aliphatic rings. The van der Waals surface area contributed by atoms with Crippen LogP contribution in [0.15, 0.2) is 18.2 Å². The van der Waals surface area contributed by atoms with Crippen molar-refractivity contribution in [2.45, 2.75) is 25.7 Å². The van der Waals surface area contributed by atoms with Gasteiger partial charge in [0, 0.05) is 5.69 Å². The molecule has 3 N–H and O–H groups in total. The number of nitrogens with zero attached hydrogens (tertiary/aromatic N) is 1. The van der Waals surface area contributed by atoms with E-state index >= 15 is 0 Å². The van der Waals surface area contributed by atoms with E-state index in [4.69, 9.17) is 17.3 Å². The number of carbonyl (C=O) groups is 1. The molecule has 1 aromatic carbocycles. The Balaban J connectivity index is 1.89. The monoisotopic (exact) mass is 281 g/mol. The number of benzene rings is 1. The van der Waals surface area contributed by atoms with Crippen molar-refractivity contribution in [3.8, 4) is 0 Å². The number of anilines is 2. The highest BCUT2D eigenvalue weighted by Gasteiger charge is 2.13. The second kappa shape index (κ2) is 6.78. The lowest BCUT2D eigenvalue weighted by molar-refractivity contribution is -0.117. The molecule has 104 valence electrons. The Kier molecular flexibility index (Phi) is 5.05. The summed E-state index contributed by atoms with van der Waals surface area (Å²) in [4.78, 5) is 14.2. The molecule has 0 bridgehead atoms. The molecule has 0 radical (unpaired) electrons. The first-order chi connectivity index (χ1) is 9.15. The van der Waals surface area contributed by atoms with Gasteiger partial charge in [0.25, 0.3) is 0 Å². The van der Waals surface area contributed by atoms with Gasteiger partial charge >= 0.3 is 0 Å². The maximum absolute atomic E-state index is 12.0. The molecule has 1 amide bonds. The van der Waals surface area contributed by atoms with Crippen LogP contribution >= 0.6 is 11.6 Å². The van der Waals surface area contributed by atoms with Crippen LogP contribution in [0, 0.1) is 0 Å². The van der Waals surface area contributed by atoms with Crippen molar-refractivity contribution in [2.24, 2.45) is 0 Å². The Morgan fingerprint density at radius 2 is 1.95 bits per heavy atom. The quantitative estimate of drug-likeness (QED) is 0.838. The fourth-order valence-electron chi connectivity index (χ4n) is 2.32. The van der Waals surface area contributed by atoms with E-state index in [1.165, 1.54) is 25.7 Å². The van der Waals surface area contributed by atoms with E-state index in [0.717, 1.165) is 13.1 Å². The van der Waals surface area contributed by atoms with Gasteiger partial charge < -0.3 is 11.1 Å². The van der Waals surface area contributed by atoms with Gasteiger partial charge in [-0.05, 0) is 44.1 Å². The van der Waals surface area contributed by atoms with Crippen LogP contribution in [0.5, 0.6) is 0 Å². The number of hydrogen-bond acceptors (Lipinski definition) is 3. The molecule has 1 heterocycles. The van der Waals surface area contributed by atoms with Gasteiger partial charge in [-0.15, -0.1) is 0 Å². The van der Waals surface area contributed by atoms with E-state index < -0.39 is 0 Å². The Labute approximate surface area is 118 Å². The van der Waals surface area contributed by atoms with Crippen LogP contribution in [0.1, 0.15) is 25.7 Å². The summed E-state index contributed by atoms with van der Waals surface area (Å²) in [6, 6.07) is 5.11. The summed E-state index contributed by atoms with van der Waals surface area (Å²) in [6.45, 7) is 2.44. The van der Waals surface area contributed by atoms with Crippen LogP contribution < -0.4 is 11.1 Å². The van der Waals surface area contributed by atoms with Gasteiger partial charge in [0.05, 0.1) is 17.3 Å². The predicted molar refractivity (Wildman–Crippen MR) is 79.4 cm³/mol. The number of halogens is 1. The number of nitrogens with one attached hydrogen (secondary N) is 1. The highest BCUT2D eigenvalue weighted by atomic mass is 35.5. The number of likely N-dealkylation sites (tertiary alicyclic amines) is 1. The first kappa shape index (κ1) is 14.2. The fraction of sp³-hybridized carbons (Fsp3) is 0.500. The number of nitrogens with two attached hydrogens (primary N) is 1. The molecule has 2 rings (SSSR count). The zero-order valence-corrected chi connectivity index (χ0v) is 11.7. The molecule has 0 aliphatic carbocycles. The molecule has 0 unspecified atom stereocenters. The van der Waals surface area contributed by atoms with Gasteiger partial charge in [0.15, 0.2) is 0 Å². The smallest absolute Gasteiger partial charge is 0.238 e. The van der Waals surface area contributed by atoms with Gasteiger partial charge in [-0.1, -0.05) is 24.4 Å². The zero-order valence-electron chi connectivity index (χ0n) is 11.0. The van der Waals surface area contributed by atoms with Gasteiger partial charge in [0.2, 0.25) is 5.91 Å². The molecule has 19 heavy (non-hydrogen) atoms. The average Bonchev–Trinajstić information content (AvgIpc) is 2.61. The molecule has 0 aromatic heterocycles. The minimum absolute atomic E-state index is 0.0198. The van der Waals surface area contributed by atoms with Crippen molar-refractivity contribution in [2.75, 3.05) is 30.7 Å². The van der Waals surface area contributed by atoms with E-state index in [1.54, 1.807) is 18.2 Å². The largest absolute Gasteiger partial charge is 0.399 e. The summed E-state index contributed by atoms with van der Waals surface area (Å²) in [5.74, 6) is -0.0198. The Morgan fingerprint density at radius 1 is 1.26 bits per heavy atom. The highest BCUT2D eigenvalue weighted by Crippen LogP contribution is 2.24. The van der Waals surface area contributed by atoms with Crippen molar-refractivity contribution in [1.82, 2.24) is 4.90 Å². The summed E-state index contributed by atoms with van der Waals surface area (Å²) in [5.41, 5.74) is 6.83. The lowest BCUT2D eigenvalue weighted by Crippen LogP contribution is -2.33. The molecule has 4 nitrogen and oxygen atoms in total. The Bertz CT molecular complexity index is 442. The van der Waals surface area contributed by atoms with Crippen LogP contribution in [0.3, 0.4) is 0 Å². The number of hydrogen-bond donors (Lipinski definition) is 2. The standard InChI is InChI=1S/C14H20ClN3O/c15-12-9-11(16)5-6-13(12)17-14(19)10-18-7-3-1-2-4-8-18/h5-6,9H,1-4,7-8,10,16H2,(H,17,19). The summed E-state index contributed by atoms with van der Waals surface area (Å²) >= 11 is 6.03. The molecule has 1 aliphatic heterocycles. The van der Waals surface area contributed by atoms with Crippen molar-refractivity contribution in [1.29, 1.82) is 0 Å². The third-order valence-corrected chi connectivity index (χ3v) is 3.65. The molecule has 1 aromatic rings. The maximum Gasteiger partial charge on any atom is 0.238 e. The Hall–Kier alpha value is -1.26. The molecule has 1 saturated heterocycles. The second-order valence-corrected chi connectivity index (χ2v) is 5.39. The van der Waals surface area contributed by atoms with E-state index in [9.17, 15) is 4.79 Å². The number of rotatable bonds is 3. The summed E-state index contributed by atoms with van der Waals surface area (Å²) in [5, 5.41) is 3.31. The third kappa shape index (κ3) is 4.40. The van der Waals surface area contributed by atoms with Crippen molar-refractivity contribution in [3.63, 3.8) is 0 Å². The summed E-state index contributed by atoms with van der Waals surface area (Å²) < 4.78 is 0. The normalized spacial score (nSPS) is 16.9. The molecule has 1 fully saturated rings. The van der Waals surface area contributed by atoms with E-state index in [0.29, 0.717) is 22.9 Å². The number of carbonyl (C=O) groups excluding carboxylic acids is 1. The molecular weight excluding hydrogens is 262 g/mol. The molecular formula is C14H20ClN3O. The summed E-state index contributed by atoms with van der Waals surface area (Å²) in [6.07, 6.45) is 4.88. The highest BCUT2D eigenvalue weighted by molar-refractivity contribution is 6.34. The first-order valence-corrected chi connectivity index (χ1v) is 7.10. The van der Waals surface area contributed by atoms with Crippen molar-refractivity contribution >= 4 is 28.9 Å². The van der Waals surface area contributed by atoms with Crippen LogP contribution in [0.4, 0.5) is 11.4 Å². The maximum atomic E-state index is 12.0. The van der Waals surface area contributed by atoms with Gasteiger partial charge in [-0.25, -0.2) is 0 Å². The lowest BCUT2D eigenvalue weighted by Gasteiger charge is -2.19. The van der Waals surface area contributed by atoms with E-state index in [2.05, 4.69) is 10.2 Å². The second-order valence-electron chi connectivity index (χ2n) is 4.98. The van der Waals surface area contributed by atoms with Gasteiger partial charge in [-0.2, -0.15) is 0 Å². The zero-order chi connectivity index (χ0) is 13.7. The number of amides is 1. The molecule has 0 spiro atoms. The lowest BCUT2D eigenvalue weighted by atomic mass is 10.2. The average molecular weight is 282 g/mol. The van der Waals surface area contributed by atoms with Crippen LogP contribution in [-0.4, -0.2) is 30.4 Å². The van der Waals surface area contributed by atoms with Crippen LogP contribution in [0.25, 0.3) is 0 Å². The summed E-state index contributed by atoms with van der Waals surface area (Å²) in [7, 11) is 0. The van der Waals surface area contributed by atoms with Crippen molar-refractivity contribution in [3.05, 3.63) is 23.2 Å². The first-order valence-electron chi connectivity index (χ1n) is 6.72. The topological polar surface area (TPSA) is 58.4 Å². The number of nitrogen functional groups attached to an aromatic ring is 1. The van der Waals surface area contributed by atoms with Crippen LogP contribution in [0.2, 0.25) is 5.02 Å². The Morgan fingerprint density at radius 3 is 2.58 bits per heavy atom. The molecule has 0 atom stereocenters. The van der Waals surface area contributed by atoms with E-state index in [-0.39, 0.29) is 5.91 Å². The molecule has 0 saturated carbocycles. The fourth-order valence-corrected chi connectivity index (χ4v) is 2.56. The minimum atomic E-state index is -0.0198. The molecule has 5 heteroatoms. The van der Waals surface area contributed by atoms with Gasteiger partial charge in [0.1, 0.15) is 0 Å². The predicted octanol–water partition coefficient (Wildman–Crippen LogP) is 2.74. The third-order valence-electron chi connectivity index (χ3n) is 3.33. The van der Waals surface area contributed by atoms with Crippen LogP contribution in [-0.2, 0) is 4.79 Å². The SMILES string of the molecule is Nc1ccc(NC(=O)CN2CCCCCC2)c(Cl)c1. The van der Waals surface area contributed by atoms with Gasteiger partial charge in [-0.3, -0.25) is 9.69 Å².